The van der Waals surface area contributed by atoms with Crippen molar-refractivity contribution in [3.63, 3.8) is 0 Å². The van der Waals surface area contributed by atoms with Gasteiger partial charge >= 0.3 is 6.01 Å². The Morgan fingerprint density at radius 3 is 2.53 bits per heavy atom. The molecule has 34 heavy (non-hydrogen) atoms. The molecule has 1 aliphatic carbocycles. The number of anilines is 2. The molecule has 5 rings (SSSR count). The van der Waals surface area contributed by atoms with Gasteiger partial charge in [0.2, 0.25) is 0 Å². The van der Waals surface area contributed by atoms with Gasteiger partial charge in [-0.1, -0.05) is 23.3 Å². The average molecular weight is 462 g/mol. The van der Waals surface area contributed by atoms with Gasteiger partial charge in [0, 0.05) is 29.4 Å². The molecule has 2 heterocycles. The highest BCUT2D eigenvalue weighted by Gasteiger charge is 2.28. The van der Waals surface area contributed by atoms with Crippen LogP contribution in [0, 0.1) is 0 Å². The summed E-state index contributed by atoms with van der Waals surface area (Å²) in [4.78, 5) is 15.1. The Labute approximate surface area is 199 Å². The standard InChI is InChI=1S/C26H31N5O3/c1-33-23-17-20(27-24(32)18-7-3-2-4-8-18)11-14-22(23)25-29-30-26(34-25)28-19-9-12-21(13-10-19)31-15-5-6-16-31/h2-4,7-8,11,14,17,19,21H,5-6,9-10,12-13,15-16H2,1H3,(H,27,32)(H,28,30). The van der Waals surface area contributed by atoms with E-state index in [4.69, 9.17) is 9.15 Å². The van der Waals surface area contributed by atoms with Crippen LogP contribution < -0.4 is 15.4 Å². The number of benzene rings is 2. The third-order valence-corrected chi connectivity index (χ3v) is 6.83. The number of likely N-dealkylation sites (tertiary alicyclic amines) is 1. The maximum atomic E-state index is 12.5. The van der Waals surface area contributed by atoms with E-state index in [2.05, 4.69) is 25.7 Å². The van der Waals surface area contributed by atoms with Gasteiger partial charge in [-0.2, -0.15) is 0 Å². The smallest absolute Gasteiger partial charge is 0.315 e. The maximum Gasteiger partial charge on any atom is 0.315 e. The van der Waals surface area contributed by atoms with Gasteiger partial charge in [-0.3, -0.25) is 4.79 Å². The summed E-state index contributed by atoms with van der Waals surface area (Å²) in [6, 6.07) is 16.0. The summed E-state index contributed by atoms with van der Waals surface area (Å²) >= 11 is 0. The molecule has 2 N–H and O–H groups in total. The zero-order valence-electron chi connectivity index (χ0n) is 19.5. The number of ether oxygens (including phenoxy) is 1. The Morgan fingerprint density at radius 2 is 1.79 bits per heavy atom. The lowest BCUT2D eigenvalue weighted by molar-refractivity contribution is 0.102. The molecule has 0 unspecified atom stereocenters. The summed E-state index contributed by atoms with van der Waals surface area (Å²) < 4.78 is 11.5. The molecule has 178 valence electrons. The molecule has 0 bridgehead atoms. The average Bonchev–Trinajstić information content (AvgIpc) is 3.58. The van der Waals surface area contributed by atoms with E-state index in [1.165, 1.54) is 38.8 Å². The van der Waals surface area contributed by atoms with E-state index < -0.39 is 0 Å². The van der Waals surface area contributed by atoms with Crippen LogP contribution in [0.15, 0.2) is 52.9 Å². The second-order valence-electron chi connectivity index (χ2n) is 9.04. The molecule has 3 aromatic rings. The van der Waals surface area contributed by atoms with E-state index in [1.807, 2.05) is 24.3 Å². The van der Waals surface area contributed by atoms with Gasteiger partial charge in [0.05, 0.1) is 12.7 Å². The van der Waals surface area contributed by atoms with Crippen LogP contribution in [0.5, 0.6) is 5.75 Å². The number of hydrogen-bond acceptors (Lipinski definition) is 7. The highest BCUT2D eigenvalue weighted by Crippen LogP contribution is 2.33. The van der Waals surface area contributed by atoms with Crippen LogP contribution >= 0.6 is 0 Å². The van der Waals surface area contributed by atoms with E-state index in [0.717, 1.165) is 18.9 Å². The van der Waals surface area contributed by atoms with Crippen molar-refractivity contribution in [1.29, 1.82) is 0 Å². The van der Waals surface area contributed by atoms with Gasteiger partial charge in [-0.05, 0) is 75.9 Å². The number of hydrogen-bond donors (Lipinski definition) is 2. The maximum absolute atomic E-state index is 12.5. The first-order valence-electron chi connectivity index (χ1n) is 12.1. The topological polar surface area (TPSA) is 92.5 Å². The predicted octanol–water partition coefficient (Wildman–Crippen LogP) is 4.82. The van der Waals surface area contributed by atoms with Crippen molar-refractivity contribution in [2.45, 2.75) is 50.6 Å². The molecule has 1 aliphatic heterocycles. The summed E-state index contributed by atoms with van der Waals surface area (Å²) in [6.07, 6.45) is 7.32. The Morgan fingerprint density at radius 1 is 1.03 bits per heavy atom. The van der Waals surface area contributed by atoms with Gasteiger partial charge in [-0.15, -0.1) is 5.10 Å². The molecular weight excluding hydrogens is 430 g/mol. The molecule has 8 nitrogen and oxygen atoms in total. The molecule has 2 aliphatic rings. The lowest BCUT2D eigenvalue weighted by Gasteiger charge is -2.34. The van der Waals surface area contributed by atoms with Crippen molar-refractivity contribution >= 4 is 17.6 Å². The molecule has 0 atom stereocenters. The molecule has 2 aromatic carbocycles. The zero-order valence-corrected chi connectivity index (χ0v) is 19.5. The predicted molar refractivity (Wildman–Crippen MR) is 131 cm³/mol. The summed E-state index contributed by atoms with van der Waals surface area (Å²) in [5.41, 5.74) is 1.90. The largest absolute Gasteiger partial charge is 0.496 e. The summed E-state index contributed by atoms with van der Waals surface area (Å²) in [6.45, 7) is 2.51. The minimum atomic E-state index is -0.181. The van der Waals surface area contributed by atoms with Crippen LogP contribution in [0.3, 0.4) is 0 Å². The highest BCUT2D eigenvalue weighted by molar-refractivity contribution is 6.04. The molecule has 1 amide bonds. The minimum absolute atomic E-state index is 0.181. The molecule has 1 saturated carbocycles. The lowest BCUT2D eigenvalue weighted by Crippen LogP contribution is -2.38. The van der Waals surface area contributed by atoms with Crippen LogP contribution in [0.1, 0.15) is 48.9 Å². The van der Waals surface area contributed by atoms with Crippen molar-refractivity contribution in [3.05, 3.63) is 54.1 Å². The second kappa shape index (κ2) is 10.3. The number of carbonyl (C=O) groups excluding carboxylic acids is 1. The third kappa shape index (κ3) is 5.07. The highest BCUT2D eigenvalue weighted by atomic mass is 16.5. The fourth-order valence-electron chi connectivity index (χ4n) is 5.00. The SMILES string of the molecule is COc1cc(NC(=O)c2ccccc2)ccc1-c1nnc(NC2CCC(N3CCCC3)CC2)o1. The Balaban J connectivity index is 1.21. The van der Waals surface area contributed by atoms with Crippen LogP contribution in [0.2, 0.25) is 0 Å². The monoisotopic (exact) mass is 461 g/mol. The fraction of sp³-hybridized carbons (Fsp3) is 0.423. The zero-order chi connectivity index (χ0) is 23.3. The summed E-state index contributed by atoms with van der Waals surface area (Å²) in [7, 11) is 1.58. The first-order chi connectivity index (χ1) is 16.7. The van der Waals surface area contributed by atoms with Gasteiger partial charge in [-0.25, -0.2) is 0 Å². The minimum Gasteiger partial charge on any atom is -0.496 e. The van der Waals surface area contributed by atoms with Crippen LogP contribution in [0.25, 0.3) is 11.5 Å². The molecule has 2 fully saturated rings. The van der Waals surface area contributed by atoms with Crippen molar-refractivity contribution in [2.75, 3.05) is 30.8 Å². The molecule has 1 aromatic heterocycles. The fourth-order valence-corrected chi connectivity index (χ4v) is 5.00. The molecule has 1 saturated heterocycles. The molecule has 0 spiro atoms. The lowest BCUT2D eigenvalue weighted by atomic mass is 9.90. The van der Waals surface area contributed by atoms with E-state index in [0.29, 0.717) is 40.5 Å². The van der Waals surface area contributed by atoms with E-state index >= 15 is 0 Å². The van der Waals surface area contributed by atoms with Gasteiger partial charge in [0.25, 0.3) is 11.8 Å². The van der Waals surface area contributed by atoms with Gasteiger partial charge in [0.1, 0.15) is 5.75 Å². The number of aromatic nitrogens is 2. The Hall–Kier alpha value is -3.39. The quantitative estimate of drug-likeness (QED) is 0.521. The van der Waals surface area contributed by atoms with Crippen molar-refractivity contribution in [1.82, 2.24) is 15.1 Å². The number of nitrogens with zero attached hydrogens (tertiary/aromatic N) is 3. The number of nitrogens with one attached hydrogen (secondary N) is 2. The Kier molecular flexibility index (Phi) is 6.76. The number of methoxy groups -OCH3 is 1. The number of carbonyl (C=O) groups is 1. The van der Waals surface area contributed by atoms with Gasteiger partial charge in [0.15, 0.2) is 0 Å². The molecule has 0 radical (unpaired) electrons. The normalized spacial score (nSPS) is 20.7. The second-order valence-corrected chi connectivity index (χ2v) is 9.04. The number of rotatable bonds is 7. The van der Waals surface area contributed by atoms with E-state index in [9.17, 15) is 4.79 Å². The summed E-state index contributed by atoms with van der Waals surface area (Å²) in [5, 5.41) is 14.7. The first kappa shape index (κ1) is 22.4. The summed E-state index contributed by atoms with van der Waals surface area (Å²) in [5.74, 6) is 0.748. The van der Waals surface area contributed by atoms with Crippen LogP contribution in [0.4, 0.5) is 11.7 Å². The van der Waals surface area contributed by atoms with Crippen molar-refractivity contribution in [3.8, 4) is 17.2 Å². The first-order valence-corrected chi connectivity index (χ1v) is 12.1. The van der Waals surface area contributed by atoms with E-state index in [-0.39, 0.29) is 5.91 Å². The third-order valence-electron chi connectivity index (χ3n) is 6.83. The van der Waals surface area contributed by atoms with Crippen molar-refractivity contribution in [2.24, 2.45) is 0 Å². The molecular formula is C26H31N5O3. The van der Waals surface area contributed by atoms with Crippen LogP contribution in [-0.4, -0.2) is 53.3 Å². The van der Waals surface area contributed by atoms with E-state index in [1.54, 1.807) is 31.4 Å². The van der Waals surface area contributed by atoms with Crippen LogP contribution in [-0.2, 0) is 0 Å². The van der Waals surface area contributed by atoms with Crippen molar-refractivity contribution < 1.29 is 13.9 Å². The Bertz CT molecular complexity index is 1100. The number of amides is 1. The van der Waals surface area contributed by atoms with Gasteiger partial charge < -0.3 is 24.7 Å². The molecule has 8 heteroatoms.